The van der Waals surface area contributed by atoms with E-state index >= 15 is 0 Å². The Morgan fingerprint density at radius 2 is 2.19 bits per heavy atom. The van der Waals surface area contributed by atoms with Gasteiger partial charge in [-0.2, -0.15) is 5.10 Å². The van der Waals surface area contributed by atoms with Gasteiger partial charge >= 0.3 is 0 Å². The van der Waals surface area contributed by atoms with E-state index in [0.29, 0.717) is 5.82 Å². The highest BCUT2D eigenvalue weighted by Gasteiger charge is 2.13. The summed E-state index contributed by atoms with van der Waals surface area (Å²) in [5.41, 5.74) is 9.93. The zero-order chi connectivity index (χ0) is 11.7. The van der Waals surface area contributed by atoms with E-state index in [1.54, 1.807) is 0 Å². The van der Waals surface area contributed by atoms with Crippen LogP contribution in [0.15, 0.2) is 18.2 Å². The fourth-order valence-corrected chi connectivity index (χ4v) is 2.01. The van der Waals surface area contributed by atoms with Gasteiger partial charge in [0.05, 0.1) is 5.69 Å². The van der Waals surface area contributed by atoms with Gasteiger partial charge in [0, 0.05) is 16.1 Å². The molecule has 0 aliphatic heterocycles. The van der Waals surface area contributed by atoms with Gasteiger partial charge in [-0.1, -0.05) is 30.7 Å². The maximum Gasteiger partial charge on any atom is 0.149 e. The monoisotopic (exact) mass is 235 g/mol. The summed E-state index contributed by atoms with van der Waals surface area (Å²) < 4.78 is 0. The van der Waals surface area contributed by atoms with Gasteiger partial charge in [0.2, 0.25) is 0 Å². The highest BCUT2D eigenvalue weighted by atomic mass is 35.5. The molecule has 0 unspecified atom stereocenters. The molecule has 0 saturated heterocycles. The van der Waals surface area contributed by atoms with Crippen molar-refractivity contribution in [2.75, 3.05) is 5.73 Å². The van der Waals surface area contributed by atoms with Crippen LogP contribution in [0.3, 0.4) is 0 Å². The summed E-state index contributed by atoms with van der Waals surface area (Å²) in [6.45, 7) is 4.05. The fourth-order valence-electron chi connectivity index (χ4n) is 1.84. The Bertz CT molecular complexity index is 517. The number of anilines is 1. The quantitative estimate of drug-likeness (QED) is 0.840. The number of aromatic nitrogens is 2. The molecule has 0 radical (unpaired) electrons. The number of benzene rings is 1. The number of nitrogens with one attached hydrogen (secondary N) is 1. The molecule has 3 nitrogen and oxygen atoms in total. The highest BCUT2D eigenvalue weighted by Crippen LogP contribution is 2.31. The molecule has 0 bridgehead atoms. The minimum Gasteiger partial charge on any atom is -0.382 e. The summed E-state index contributed by atoms with van der Waals surface area (Å²) in [6, 6.07) is 5.83. The van der Waals surface area contributed by atoms with Crippen LogP contribution in [-0.4, -0.2) is 10.2 Å². The van der Waals surface area contributed by atoms with Gasteiger partial charge < -0.3 is 5.73 Å². The summed E-state index contributed by atoms with van der Waals surface area (Å²) in [5.74, 6) is 0.567. The first-order valence-electron chi connectivity index (χ1n) is 5.23. The average Bonchev–Trinajstić information content (AvgIpc) is 2.63. The molecular weight excluding hydrogens is 222 g/mol. The number of nitrogens with two attached hydrogens (primary N) is 1. The van der Waals surface area contributed by atoms with Crippen molar-refractivity contribution in [1.29, 1.82) is 0 Å². The van der Waals surface area contributed by atoms with Crippen molar-refractivity contribution < 1.29 is 0 Å². The molecule has 16 heavy (non-hydrogen) atoms. The third-order valence-electron chi connectivity index (χ3n) is 2.79. The molecule has 4 heteroatoms. The zero-order valence-corrected chi connectivity index (χ0v) is 10.1. The molecule has 1 heterocycles. The molecule has 0 fully saturated rings. The predicted octanol–water partition coefficient (Wildman–Crippen LogP) is 3.18. The number of aromatic amines is 1. The number of halogens is 1. The van der Waals surface area contributed by atoms with Gasteiger partial charge in [0.15, 0.2) is 0 Å². The van der Waals surface area contributed by atoms with Crippen molar-refractivity contribution in [3.63, 3.8) is 0 Å². The topological polar surface area (TPSA) is 54.7 Å². The summed E-state index contributed by atoms with van der Waals surface area (Å²) in [7, 11) is 0. The molecular formula is C12H14ClN3. The zero-order valence-electron chi connectivity index (χ0n) is 9.34. The molecule has 0 atom stereocenters. The molecule has 0 aliphatic rings. The molecule has 1 aromatic carbocycles. The van der Waals surface area contributed by atoms with Crippen molar-refractivity contribution in [1.82, 2.24) is 10.2 Å². The number of nitrogen functional groups attached to an aromatic ring is 1. The molecule has 0 amide bonds. The van der Waals surface area contributed by atoms with Gasteiger partial charge in [-0.25, -0.2) is 0 Å². The lowest BCUT2D eigenvalue weighted by Gasteiger charge is -2.07. The van der Waals surface area contributed by atoms with Crippen LogP contribution in [0.4, 0.5) is 5.82 Å². The number of hydrogen-bond acceptors (Lipinski definition) is 2. The van der Waals surface area contributed by atoms with Gasteiger partial charge in [-0.15, -0.1) is 0 Å². The lowest BCUT2D eigenvalue weighted by atomic mass is 10.0. The first-order valence-corrected chi connectivity index (χ1v) is 5.61. The van der Waals surface area contributed by atoms with Crippen molar-refractivity contribution in [3.8, 4) is 11.3 Å². The van der Waals surface area contributed by atoms with Crippen LogP contribution < -0.4 is 5.73 Å². The Labute approximate surface area is 99.6 Å². The second kappa shape index (κ2) is 4.18. The van der Waals surface area contributed by atoms with Gasteiger partial charge in [0.1, 0.15) is 5.82 Å². The van der Waals surface area contributed by atoms with Gasteiger partial charge in [-0.3, -0.25) is 5.10 Å². The van der Waals surface area contributed by atoms with Crippen molar-refractivity contribution >= 4 is 17.4 Å². The molecule has 3 N–H and O–H groups in total. The highest BCUT2D eigenvalue weighted by molar-refractivity contribution is 6.31. The number of hydrogen-bond donors (Lipinski definition) is 2. The Morgan fingerprint density at radius 3 is 2.88 bits per heavy atom. The van der Waals surface area contributed by atoms with E-state index in [4.69, 9.17) is 17.3 Å². The lowest BCUT2D eigenvalue weighted by molar-refractivity contribution is 1.10. The Morgan fingerprint density at radius 1 is 1.44 bits per heavy atom. The molecule has 0 saturated carbocycles. The van der Waals surface area contributed by atoms with E-state index in [1.807, 2.05) is 25.1 Å². The van der Waals surface area contributed by atoms with Crippen LogP contribution >= 0.6 is 11.6 Å². The van der Waals surface area contributed by atoms with Crippen LogP contribution in [0.2, 0.25) is 5.02 Å². The average molecular weight is 236 g/mol. The molecule has 2 aromatic rings. The normalized spacial score (nSPS) is 10.7. The predicted molar refractivity (Wildman–Crippen MR) is 67.6 cm³/mol. The van der Waals surface area contributed by atoms with E-state index in [9.17, 15) is 0 Å². The Balaban J connectivity index is 2.63. The van der Waals surface area contributed by atoms with Gasteiger partial charge in [0.25, 0.3) is 0 Å². The minimum absolute atomic E-state index is 0.567. The SMILES string of the molecule is CCc1c(N)n[nH]c1-c1cccc(Cl)c1C. The standard InChI is InChI=1S/C12H14ClN3/c1-3-8-11(15-16-12(8)14)9-5-4-6-10(13)7(9)2/h4-6H,3H2,1-2H3,(H3,14,15,16). The summed E-state index contributed by atoms with van der Waals surface area (Å²) in [4.78, 5) is 0. The summed E-state index contributed by atoms with van der Waals surface area (Å²) in [5, 5.41) is 7.78. The van der Waals surface area contributed by atoms with Crippen LogP contribution in [0.5, 0.6) is 0 Å². The second-order valence-electron chi connectivity index (χ2n) is 3.73. The summed E-state index contributed by atoms with van der Waals surface area (Å²) >= 11 is 6.10. The Hall–Kier alpha value is -1.48. The molecule has 2 rings (SSSR count). The van der Waals surface area contributed by atoms with E-state index < -0.39 is 0 Å². The van der Waals surface area contributed by atoms with Crippen LogP contribution in [-0.2, 0) is 6.42 Å². The first kappa shape index (κ1) is 11.0. The first-order chi connectivity index (χ1) is 7.65. The van der Waals surface area contributed by atoms with Crippen LogP contribution in [0, 0.1) is 6.92 Å². The maximum absolute atomic E-state index is 6.10. The molecule has 1 aromatic heterocycles. The third-order valence-corrected chi connectivity index (χ3v) is 3.20. The maximum atomic E-state index is 6.10. The van der Waals surface area contributed by atoms with Gasteiger partial charge in [-0.05, 0) is 25.0 Å². The van der Waals surface area contributed by atoms with Crippen LogP contribution in [0.25, 0.3) is 11.3 Å². The molecule has 0 aliphatic carbocycles. The third kappa shape index (κ3) is 1.67. The largest absolute Gasteiger partial charge is 0.382 e. The lowest BCUT2D eigenvalue weighted by Crippen LogP contribution is -1.92. The molecule has 0 spiro atoms. The fraction of sp³-hybridized carbons (Fsp3) is 0.250. The van der Waals surface area contributed by atoms with E-state index in [1.165, 1.54) is 0 Å². The summed E-state index contributed by atoms with van der Waals surface area (Å²) in [6.07, 6.45) is 0.851. The van der Waals surface area contributed by atoms with Crippen molar-refractivity contribution in [2.24, 2.45) is 0 Å². The smallest absolute Gasteiger partial charge is 0.149 e. The Kier molecular flexibility index (Phi) is 2.88. The van der Waals surface area contributed by atoms with E-state index in [0.717, 1.165) is 33.8 Å². The van der Waals surface area contributed by atoms with Crippen molar-refractivity contribution in [2.45, 2.75) is 20.3 Å². The van der Waals surface area contributed by atoms with E-state index in [-0.39, 0.29) is 0 Å². The number of rotatable bonds is 2. The second-order valence-corrected chi connectivity index (χ2v) is 4.14. The van der Waals surface area contributed by atoms with Crippen LogP contribution in [0.1, 0.15) is 18.1 Å². The molecule has 84 valence electrons. The number of H-pyrrole nitrogens is 1. The van der Waals surface area contributed by atoms with E-state index in [2.05, 4.69) is 17.1 Å². The number of nitrogens with zero attached hydrogens (tertiary/aromatic N) is 1. The van der Waals surface area contributed by atoms with Crippen molar-refractivity contribution in [3.05, 3.63) is 34.3 Å². The minimum atomic E-state index is 0.567.